The Kier molecular flexibility index (Phi) is 6.73. The average Bonchev–Trinajstić information content (AvgIpc) is 2.92. The lowest BCUT2D eigenvalue weighted by atomic mass is 10.1. The molecule has 0 saturated carbocycles. The minimum atomic E-state index is -4.49. The van der Waals surface area contributed by atoms with E-state index >= 15 is 0 Å². The first-order chi connectivity index (χ1) is 18.6. The number of amides is 3. The molecule has 1 aliphatic heterocycles. The number of fused-ring (bicyclic) bond motifs is 1. The van der Waals surface area contributed by atoms with E-state index in [1.54, 1.807) is 54.8 Å². The Morgan fingerprint density at radius 3 is 2.64 bits per heavy atom. The first-order valence-corrected chi connectivity index (χ1v) is 12.0. The Hall–Kier alpha value is -4.80. The number of nitrogens with one attached hydrogen (secondary N) is 1. The Morgan fingerprint density at radius 1 is 1.08 bits per heavy atom. The number of aromatic nitrogens is 3. The van der Waals surface area contributed by atoms with Crippen molar-refractivity contribution < 1.29 is 22.8 Å². The molecule has 39 heavy (non-hydrogen) atoms. The summed E-state index contributed by atoms with van der Waals surface area (Å²) in [6.45, 7) is 2.00. The van der Waals surface area contributed by atoms with Crippen LogP contribution in [0.2, 0.25) is 0 Å². The number of aryl methyl sites for hydroxylation is 1. The summed E-state index contributed by atoms with van der Waals surface area (Å²) in [5.41, 5.74) is 3.16. The number of halogens is 3. The van der Waals surface area contributed by atoms with Gasteiger partial charge in [0.25, 0.3) is 0 Å². The highest BCUT2D eigenvalue weighted by molar-refractivity contribution is 6.06. The van der Waals surface area contributed by atoms with Crippen molar-refractivity contribution in [2.45, 2.75) is 26.1 Å². The second-order valence-corrected chi connectivity index (χ2v) is 9.12. The molecule has 198 valence electrons. The minimum Gasteiger partial charge on any atom is -0.326 e. The topological polar surface area (TPSA) is 91.3 Å². The molecule has 5 rings (SSSR count). The van der Waals surface area contributed by atoms with Crippen molar-refractivity contribution in [1.82, 2.24) is 15.0 Å². The van der Waals surface area contributed by atoms with Gasteiger partial charge in [-0.05, 0) is 48.4 Å². The lowest BCUT2D eigenvalue weighted by Gasteiger charge is -2.34. The third kappa shape index (κ3) is 5.42. The van der Waals surface area contributed by atoms with E-state index in [-0.39, 0.29) is 24.6 Å². The van der Waals surface area contributed by atoms with Gasteiger partial charge in [-0.25, -0.2) is 9.78 Å². The fourth-order valence-corrected chi connectivity index (χ4v) is 4.34. The predicted octanol–water partition coefficient (Wildman–Crippen LogP) is 5.62. The molecule has 0 fully saturated rings. The molecule has 0 spiro atoms. The molecule has 2 aromatic carbocycles. The number of alkyl halides is 3. The maximum atomic E-state index is 13.4. The molecule has 8 nitrogen and oxygen atoms in total. The first kappa shape index (κ1) is 25.8. The van der Waals surface area contributed by atoms with Gasteiger partial charge in [0.1, 0.15) is 5.69 Å². The summed E-state index contributed by atoms with van der Waals surface area (Å²) in [4.78, 5) is 42.3. The van der Waals surface area contributed by atoms with Gasteiger partial charge in [-0.15, -0.1) is 0 Å². The van der Waals surface area contributed by atoms with Crippen LogP contribution in [0.15, 0.2) is 73.2 Å². The number of pyridine rings is 1. The van der Waals surface area contributed by atoms with E-state index in [1.807, 2.05) is 13.0 Å². The number of nitrogens with zero attached hydrogens (tertiary/aromatic N) is 5. The van der Waals surface area contributed by atoms with E-state index < -0.39 is 17.6 Å². The number of carbonyl (C=O) groups is 2. The summed E-state index contributed by atoms with van der Waals surface area (Å²) >= 11 is 0. The molecule has 2 aromatic heterocycles. The Labute approximate surface area is 222 Å². The van der Waals surface area contributed by atoms with Crippen molar-refractivity contribution >= 4 is 29.1 Å². The highest BCUT2D eigenvalue weighted by atomic mass is 19.4. The average molecular weight is 533 g/mol. The lowest BCUT2D eigenvalue weighted by Crippen LogP contribution is -2.46. The van der Waals surface area contributed by atoms with E-state index in [4.69, 9.17) is 0 Å². The summed E-state index contributed by atoms with van der Waals surface area (Å²) in [7, 11) is 1.62. The van der Waals surface area contributed by atoms with Crippen LogP contribution in [-0.4, -0.2) is 33.9 Å². The molecule has 1 aliphatic rings. The van der Waals surface area contributed by atoms with Crippen molar-refractivity contribution in [1.29, 1.82) is 0 Å². The van der Waals surface area contributed by atoms with Gasteiger partial charge in [0.15, 0.2) is 5.82 Å². The van der Waals surface area contributed by atoms with E-state index in [1.165, 1.54) is 17.0 Å². The summed E-state index contributed by atoms with van der Waals surface area (Å²) in [6.07, 6.45) is 0.238. The smallest absolute Gasteiger partial charge is 0.326 e. The zero-order chi connectivity index (χ0) is 27.7. The molecular formula is C28H23F3N6O2. The van der Waals surface area contributed by atoms with Gasteiger partial charge in [0.05, 0.1) is 36.1 Å². The van der Waals surface area contributed by atoms with Crippen LogP contribution >= 0.6 is 0 Å². The van der Waals surface area contributed by atoms with Crippen LogP contribution in [0, 0.1) is 6.92 Å². The molecule has 4 aromatic rings. The van der Waals surface area contributed by atoms with Crippen molar-refractivity contribution in [3.8, 4) is 11.3 Å². The number of hydrogen-bond acceptors (Lipinski definition) is 5. The number of rotatable bonds is 5. The van der Waals surface area contributed by atoms with E-state index in [9.17, 15) is 22.8 Å². The second-order valence-electron chi connectivity index (χ2n) is 9.12. The third-order valence-corrected chi connectivity index (χ3v) is 6.33. The molecule has 0 saturated heterocycles. The molecular weight excluding hydrogens is 509 g/mol. The van der Waals surface area contributed by atoms with E-state index in [0.717, 1.165) is 23.3 Å². The highest BCUT2D eigenvalue weighted by Crippen LogP contribution is 2.33. The maximum Gasteiger partial charge on any atom is 0.416 e. The Balaban J connectivity index is 1.36. The van der Waals surface area contributed by atoms with Crippen LogP contribution in [-0.2, 0) is 23.9 Å². The number of hydrogen-bond donors (Lipinski definition) is 1. The summed E-state index contributed by atoms with van der Waals surface area (Å²) in [5.74, 6) is -0.0360. The van der Waals surface area contributed by atoms with Gasteiger partial charge in [-0.3, -0.25) is 24.6 Å². The molecule has 0 radical (unpaired) electrons. The SMILES string of the molecule is Cc1ccc(NC(=O)Cc2cccc(C(F)(F)F)c2)cc1N1Cc2ncc(-c3cccnc3)nc2N(C)C1=O. The highest BCUT2D eigenvalue weighted by Gasteiger charge is 2.33. The van der Waals surface area contributed by atoms with Gasteiger partial charge in [0.2, 0.25) is 5.91 Å². The predicted molar refractivity (Wildman–Crippen MR) is 140 cm³/mol. The van der Waals surface area contributed by atoms with Gasteiger partial charge in [-0.1, -0.05) is 24.3 Å². The third-order valence-electron chi connectivity index (χ3n) is 6.33. The fraction of sp³-hybridized carbons (Fsp3) is 0.179. The molecule has 0 atom stereocenters. The van der Waals surface area contributed by atoms with Gasteiger partial charge in [-0.2, -0.15) is 13.2 Å². The zero-order valence-electron chi connectivity index (χ0n) is 21.0. The standard InChI is InChI=1S/C28H23F3N6O2/c1-17-8-9-21(34-25(38)12-18-5-3-7-20(11-18)28(29,30)31)13-24(17)37-16-23-26(36(2)27(37)39)35-22(15-33-23)19-6-4-10-32-14-19/h3-11,13-15H,12,16H2,1-2H3,(H,34,38). The quantitative estimate of drug-likeness (QED) is 0.360. The van der Waals surface area contributed by atoms with Crippen LogP contribution in [0.25, 0.3) is 11.3 Å². The van der Waals surface area contributed by atoms with Crippen molar-refractivity contribution in [3.63, 3.8) is 0 Å². The summed E-state index contributed by atoms with van der Waals surface area (Å²) in [6, 6.07) is 13.1. The number of urea groups is 1. The fourth-order valence-electron chi connectivity index (χ4n) is 4.34. The molecule has 3 amide bonds. The van der Waals surface area contributed by atoms with Crippen molar-refractivity contribution in [2.75, 3.05) is 22.2 Å². The molecule has 11 heteroatoms. The lowest BCUT2D eigenvalue weighted by molar-refractivity contribution is -0.137. The second kappa shape index (κ2) is 10.2. The largest absolute Gasteiger partial charge is 0.416 e. The van der Waals surface area contributed by atoms with E-state index in [2.05, 4.69) is 20.3 Å². The number of carbonyl (C=O) groups excluding carboxylic acids is 2. The summed E-state index contributed by atoms with van der Waals surface area (Å²) < 4.78 is 39.0. The van der Waals surface area contributed by atoms with Crippen LogP contribution in [0.1, 0.15) is 22.4 Å². The zero-order valence-corrected chi connectivity index (χ0v) is 21.0. The first-order valence-electron chi connectivity index (χ1n) is 12.0. The molecule has 1 N–H and O–H groups in total. The van der Waals surface area contributed by atoms with Gasteiger partial charge < -0.3 is 5.32 Å². The molecule has 0 unspecified atom stereocenters. The Bertz CT molecular complexity index is 1560. The van der Waals surface area contributed by atoms with Crippen LogP contribution in [0.4, 0.5) is 35.2 Å². The minimum absolute atomic E-state index is 0.168. The van der Waals surface area contributed by atoms with Gasteiger partial charge >= 0.3 is 12.2 Å². The van der Waals surface area contributed by atoms with Crippen molar-refractivity contribution in [3.05, 3.63) is 95.6 Å². The van der Waals surface area contributed by atoms with E-state index in [0.29, 0.717) is 28.6 Å². The maximum absolute atomic E-state index is 13.4. The summed E-state index contributed by atoms with van der Waals surface area (Å²) in [5, 5.41) is 2.72. The monoisotopic (exact) mass is 532 g/mol. The van der Waals surface area contributed by atoms with Gasteiger partial charge in [0, 0.05) is 30.7 Å². The molecule has 3 heterocycles. The van der Waals surface area contributed by atoms with Crippen LogP contribution < -0.4 is 15.1 Å². The molecule has 0 bridgehead atoms. The molecule has 0 aliphatic carbocycles. The van der Waals surface area contributed by atoms with Crippen LogP contribution in [0.5, 0.6) is 0 Å². The Morgan fingerprint density at radius 2 is 1.90 bits per heavy atom. The van der Waals surface area contributed by atoms with Crippen LogP contribution in [0.3, 0.4) is 0 Å². The number of benzene rings is 2. The number of anilines is 3. The van der Waals surface area contributed by atoms with Crippen molar-refractivity contribution in [2.24, 2.45) is 0 Å². The normalized spacial score (nSPS) is 13.3.